The maximum atomic E-state index is 12.5. The van der Waals surface area contributed by atoms with Gasteiger partial charge in [-0.3, -0.25) is 4.79 Å². The molecule has 0 rings (SSSR count). The fraction of sp³-hybridized carbons (Fsp3) is 0.970. The van der Waals surface area contributed by atoms with E-state index in [0.717, 1.165) is 32.1 Å². The first kappa shape index (κ1) is 34.5. The zero-order chi connectivity index (χ0) is 26.0. The quantitative estimate of drug-likeness (QED) is 0.110. The maximum absolute atomic E-state index is 12.5. The van der Waals surface area contributed by atoms with Crippen LogP contribution >= 0.6 is 0 Å². The van der Waals surface area contributed by atoms with Crippen molar-refractivity contribution in [1.82, 2.24) is 0 Å². The summed E-state index contributed by atoms with van der Waals surface area (Å²) in [5.41, 5.74) is -0.493. The summed E-state index contributed by atoms with van der Waals surface area (Å²) in [6.45, 7) is 8.89. The lowest BCUT2D eigenvalue weighted by atomic mass is 9.67. The Morgan fingerprint density at radius 1 is 0.543 bits per heavy atom. The van der Waals surface area contributed by atoms with E-state index in [2.05, 4.69) is 27.7 Å². The maximum Gasteiger partial charge on any atom is 0.309 e. The Labute approximate surface area is 221 Å². The van der Waals surface area contributed by atoms with E-state index in [-0.39, 0.29) is 0 Å². The molecule has 0 aliphatic carbocycles. The van der Waals surface area contributed by atoms with Crippen LogP contribution in [0.1, 0.15) is 195 Å². The molecule has 0 aromatic rings. The molecule has 0 aromatic carbocycles. The molecule has 0 spiro atoms. The van der Waals surface area contributed by atoms with Gasteiger partial charge in [0.05, 0.1) is 5.41 Å². The first-order valence-corrected chi connectivity index (χ1v) is 16.3. The summed E-state index contributed by atoms with van der Waals surface area (Å²) in [6, 6.07) is 0. The molecular formula is C33H66O2. The molecule has 0 saturated heterocycles. The smallest absolute Gasteiger partial charge is 0.309 e. The minimum Gasteiger partial charge on any atom is -0.481 e. The average molecular weight is 495 g/mol. The first-order valence-electron chi connectivity index (χ1n) is 16.3. The molecule has 2 unspecified atom stereocenters. The van der Waals surface area contributed by atoms with Gasteiger partial charge in [0, 0.05) is 0 Å². The van der Waals surface area contributed by atoms with E-state index in [1.165, 1.54) is 135 Å². The summed E-state index contributed by atoms with van der Waals surface area (Å²) >= 11 is 0. The van der Waals surface area contributed by atoms with Crippen molar-refractivity contribution in [2.75, 3.05) is 0 Å². The molecule has 210 valence electrons. The van der Waals surface area contributed by atoms with Gasteiger partial charge in [0.15, 0.2) is 0 Å². The van der Waals surface area contributed by atoms with Crippen LogP contribution in [-0.2, 0) is 4.79 Å². The van der Waals surface area contributed by atoms with E-state index in [9.17, 15) is 9.90 Å². The SMILES string of the molecule is CCCCCCCCCCCCCCCC(CC)C(CC)(CCCCCCCCCCC)C(=O)O. The van der Waals surface area contributed by atoms with Gasteiger partial charge in [-0.2, -0.15) is 0 Å². The predicted octanol–water partition coefficient (Wildman–Crippen LogP) is 11.9. The summed E-state index contributed by atoms with van der Waals surface area (Å²) in [4.78, 5) is 12.5. The van der Waals surface area contributed by atoms with E-state index < -0.39 is 11.4 Å². The highest BCUT2D eigenvalue weighted by Crippen LogP contribution is 2.42. The van der Waals surface area contributed by atoms with Gasteiger partial charge in [0.1, 0.15) is 0 Å². The summed E-state index contributed by atoms with van der Waals surface area (Å²) in [5, 5.41) is 10.3. The molecule has 2 atom stereocenters. The van der Waals surface area contributed by atoms with Crippen molar-refractivity contribution in [3.8, 4) is 0 Å². The van der Waals surface area contributed by atoms with Gasteiger partial charge >= 0.3 is 5.97 Å². The summed E-state index contributed by atoms with van der Waals surface area (Å²) < 4.78 is 0. The van der Waals surface area contributed by atoms with Crippen molar-refractivity contribution in [3.05, 3.63) is 0 Å². The van der Waals surface area contributed by atoms with Gasteiger partial charge < -0.3 is 5.11 Å². The minimum atomic E-state index is -0.527. The van der Waals surface area contributed by atoms with Gasteiger partial charge in [0.25, 0.3) is 0 Å². The first-order chi connectivity index (χ1) is 17.1. The number of hydrogen-bond acceptors (Lipinski definition) is 1. The Morgan fingerprint density at radius 2 is 0.886 bits per heavy atom. The van der Waals surface area contributed by atoms with E-state index in [1.807, 2.05) is 0 Å². The number of carbonyl (C=O) groups is 1. The fourth-order valence-electron chi connectivity index (χ4n) is 6.13. The fourth-order valence-corrected chi connectivity index (χ4v) is 6.13. The van der Waals surface area contributed by atoms with Crippen LogP contribution in [0.4, 0.5) is 0 Å². The van der Waals surface area contributed by atoms with Gasteiger partial charge in [-0.05, 0) is 25.2 Å². The Bertz CT molecular complexity index is 446. The van der Waals surface area contributed by atoms with Crippen molar-refractivity contribution >= 4 is 5.97 Å². The van der Waals surface area contributed by atoms with Crippen molar-refractivity contribution < 1.29 is 9.90 Å². The topological polar surface area (TPSA) is 37.3 Å². The highest BCUT2D eigenvalue weighted by atomic mass is 16.4. The van der Waals surface area contributed by atoms with Crippen LogP contribution in [0.3, 0.4) is 0 Å². The Kier molecular flexibility index (Phi) is 24.8. The van der Waals surface area contributed by atoms with E-state index in [1.54, 1.807) is 0 Å². The predicted molar refractivity (Wildman–Crippen MR) is 156 cm³/mol. The van der Waals surface area contributed by atoms with Crippen LogP contribution in [0, 0.1) is 11.3 Å². The second-order valence-electron chi connectivity index (χ2n) is 11.5. The van der Waals surface area contributed by atoms with Crippen molar-refractivity contribution in [2.45, 2.75) is 195 Å². The largest absolute Gasteiger partial charge is 0.481 e. The van der Waals surface area contributed by atoms with Crippen LogP contribution in [-0.4, -0.2) is 11.1 Å². The third-order valence-corrected chi connectivity index (χ3v) is 8.71. The highest BCUT2D eigenvalue weighted by molar-refractivity contribution is 5.75. The number of aliphatic carboxylic acids is 1. The summed E-state index contributed by atoms with van der Waals surface area (Å²) in [6.07, 6.45) is 33.3. The lowest BCUT2D eigenvalue weighted by Crippen LogP contribution is -2.38. The third kappa shape index (κ3) is 17.5. The van der Waals surface area contributed by atoms with Crippen molar-refractivity contribution in [3.63, 3.8) is 0 Å². The highest BCUT2D eigenvalue weighted by Gasteiger charge is 2.42. The Balaban J connectivity index is 4.07. The second kappa shape index (κ2) is 25.1. The molecule has 2 nitrogen and oxygen atoms in total. The van der Waals surface area contributed by atoms with Gasteiger partial charge in [-0.1, -0.05) is 175 Å². The average Bonchev–Trinajstić information content (AvgIpc) is 2.86. The molecule has 2 heteroatoms. The van der Waals surface area contributed by atoms with E-state index in [0.29, 0.717) is 5.92 Å². The molecular weight excluding hydrogens is 428 g/mol. The molecule has 0 fully saturated rings. The number of hydrogen-bond donors (Lipinski definition) is 1. The monoisotopic (exact) mass is 495 g/mol. The lowest BCUT2D eigenvalue weighted by molar-refractivity contribution is -0.154. The van der Waals surface area contributed by atoms with E-state index >= 15 is 0 Å². The minimum absolute atomic E-state index is 0.340. The van der Waals surface area contributed by atoms with Crippen LogP contribution < -0.4 is 0 Å². The molecule has 0 radical (unpaired) electrons. The van der Waals surface area contributed by atoms with Crippen LogP contribution in [0.5, 0.6) is 0 Å². The van der Waals surface area contributed by atoms with Crippen molar-refractivity contribution in [2.24, 2.45) is 11.3 Å². The second-order valence-corrected chi connectivity index (χ2v) is 11.5. The Morgan fingerprint density at radius 3 is 1.20 bits per heavy atom. The molecule has 35 heavy (non-hydrogen) atoms. The Hall–Kier alpha value is -0.530. The van der Waals surface area contributed by atoms with Gasteiger partial charge in [-0.15, -0.1) is 0 Å². The van der Waals surface area contributed by atoms with Gasteiger partial charge in [0.2, 0.25) is 0 Å². The molecule has 1 N–H and O–H groups in total. The molecule has 0 heterocycles. The number of unbranched alkanes of at least 4 members (excludes halogenated alkanes) is 20. The molecule has 0 aliphatic heterocycles. The molecule has 0 aliphatic rings. The molecule has 0 amide bonds. The zero-order valence-electron chi connectivity index (χ0n) is 24.8. The molecule has 0 bridgehead atoms. The summed E-state index contributed by atoms with van der Waals surface area (Å²) in [7, 11) is 0. The van der Waals surface area contributed by atoms with Crippen molar-refractivity contribution in [1.29, 1.82) is 0 Å². The standard InChI is InChI=1S/C33H66O2/c1-5-9-11-13-15-17-18-19-20-21-23-25-27-29-31(7-3)33(8-4,32(34)35)30-28-26-24-22-16-14-12-10-6-2/h31H,5-30H2,1-4H3,(H,34,35). The van der Waals surface area contributed by atoms with Crippen LogP contribution in [0.2, 0.25) is 0 Å². The lowest BCUT2D eigenvalue weighted by Gasteiger charge is -2.36. The van der Waals surface area contributed by atoms with Crippen LogP contribution in [0.25, 0.3) is 0 Å². The zero-order valence-corrected chi connectivity index (χ0v) is 24.8. The number of rotatable bonds is 28. The van der Waals surface area contributed by atoms with Crippen LogP contribution in [0.15, 0.2) is 0 Å². The normalized spacial score (nSPS) is 14.2. The molecule has 0 saturated carbocycles. The third-order valence-electron chi connectivity index (χ3n) is 8.71. The molecule has 0 aromatic heterocycles. The van der Waals surface area contributed by atoms with Gasteiger partial charge in [-0.25, -0.2) is 0 Å². The summed E-state index contributed by atoms with van der Waals surface area (Å²) in [5.74, 6) is -0.187. The number of carboxylic acid groups (broad SMARTS) is 1. The number of carboxylic acids is 1. The van der Waals surface area contributed by atoms with E-state index in [4.69, 9.17) is 0 Å².